The third kappa shape index (κ3) is 1.11. The Morgan fingerprint density at radius 2 is 2.07 bits per heavy atom. The number of amides is 1. The topological polar surface area (TPSA) is 54.9 Å². The largest absolute Gasteiger partial charge is 0.310 e. The second kappa shape index (κ2) is 3.02. The lowest BCUT2D eigenvalue weighted by molar-refractivity contribution is -0.121. The van der Waals surface area contributed by atoms with E-state index in [-0.39, 0.29) is 11.3 Å². The normalized spacial score (nSPS) is 22.5. The molecule has 3 rings (SSSR count). The number of fused-ring (bicyclic) bond motifs is 2. The van der Waals surface area contributed by atoms with Crippen LogP contribution < -0.4 is 5.32 Å². The summed E-state index contributed by atoms with van der Waals surface area (Å²) in [6.45, 7) is 0. The lowest BCUT2D eigenvalue weighted by Crippen LogP contribution is -2.36. The second-order valence-corrected chi connectivity index (χ2v) is 4.38. The van der Waals surface area contributed by atoms with Gasteiger partial charge in [-0.15, -0.1) is 0 Å². The molecule has 1 spiro atoms. The maximum Gasteiger partial charge on any atom is 0.236 e. The maximum atomic E-state index is 12.0. The van der Waals surface area contributed by atoms with Gasteiger partial charge in [-0.1, -0.05) is 19.3 Å². The van der Waals surface area contributed by atoms with E-state index < -0.39 is 0 Å². The second-order valence-electron chi connectivity index (χ2n) is 4.38. The molecule has 0 saturated heterocycles. The molecule has 1 N–H and O–H groups in total. The molecule has 0 aromatic carbocycles. The Balaban J connectivity index is 2.11. The SMILES string of the molecule is O=C1Nc2ncncc2C12CCCCC2. The number of nitrogens with one attached hydrogen (secondary N) is 1. The summed E-state index contributed by atoms with van der Waals surface area (Å²) in [7, 11) is 0. The van der Waals surface area contributed by atoms with Gasteiger partial charge in [0.05, 0.1) is 5.41 Å². The van der Waals surface area contributed by atoms with Crippen LogP contribution in [0.15, 0.2) is 12.5 Å². The standard InChI is InChI=1S/C11H13N3O/c15-10-11(4-2-1-3-5-11)8-6-12-7-13-9(8)14-10/h6-7H,1-5H2,(H,12,13,14,15). The highest BCUT2D eigenvalue weighted by molar-refractivity contribution is 6.05. The number of hydrogen-bond donors (Lipinski definition) is 1. The summed E-state index contributed by atoms with van der Waals surface area (Å²) in [5, 5.41) is 2.87. The fourth-order valence-electron chi connectivity index (χ4n) is 2.78. The first-order chi connectivity index (χ1) is 7.33. The molecule has 0 radical (unpaired) electrons. The van der Waals surface area contributed by atoms with E-state index in [2.05, 4.69) is 15.3 Å². The number of rotatable bonds is 0. The molecule has 0 atom stereocenters. The molecule has 1 fully saturated rings. The average molecular weight is 203 g/mol. The minimum atomic E-state index is -0.311. The smallest absolute Gasteiger partial charge is 0.236 e. The van der Waals surface area contributed by atoms with Crippen molar-refractivity contribution in [1.29, 1.82) is 0 Å². The Labute approximate surface area is 88.1 Å². The molecule has 1 aromatic rings. The van der Waals surface area contributed by atoms with E-state index in [9.17, 15) is 4.79 Å². The highest BCUT2D eigenvalue weighted by atomic mass is 16.2. The number of carbonyl (C=O) groups excluding carboxylic acids is 1. The van der Waals surface area contributed by atoms with E-state index in [0.717, 1.165) is 37.1 Å². The van der Waals surface area contributed by atoms with Gasteiger partial charge in [-0.2, -0.15) is 0 Å². The molecule has 78 valence electrons. The summed E-state index contributed by atoms with van der Waals surface area (Å²) in [6.07, 6.45) is 8.66. The van der Waals surface area contributed by atoms with Gasteiger partial charge in [-0.25, -0.2) is 9.97 Å². The first-order valence-corrected chi connectivity index (χ1v) is 5.45. The molecule has 1 aliphatic carbocycles. The molecule has 4 nitrogen and oxygen atoms in total. The average Bonchev–Trinajstić information content (AvgIpc) is 2.55. The van der Waals surface area contributed by atoms with Crippen LogP contribution >= 0.6 is 0 Å². The van der Waals surface area contributed by atoms with Gasteiger partial charge >= 0.3 is 0 Å². The summed E-state index contributed by atoms with van der Waals surface area (Å²) in [4.78, 5) is 20.2. The third-order valence-electron chi connectivity index (χ3n) is 3.60. The van der Waals surface area contributed by atoms with Crippen LogP contribution in [0.2, 0.25) is 0 Å². The zero-order valence-electron chi connectivity index (χ0n) is 8.49. The lowest BCUT2D eigenvalue weighted by atomic mass is 9.71. The van der Waals surface area contributed by atoms with Crippen molar-refractivity contribution in [3.63, 3.8) is 0 Å². The van der Waals surface area contributed by atoms with Gasteiger partial charge in [-0.3, -0.25) is 4.79 Å². The fraction of sp³-hybridized carbons (Fsp3) is 0.545. The predicted molar refractivity (Wildman–Crippen MR) is 55.4 cm³/mol. The molecular formula is C11H13N3O. The molecule has 0 bridgehead atoms. The van der Waals surface area contributed by atoms with Crippen molar-refractivity contribution < 1.29 is 4.79 Å². The molecular weight excluding hydrogens is 190 g/mol. The van der Waals surface area contributed by atoms with Crippen LogP contribution in [0.25, 0.3) is 0 Å². The molecule has 4 heteroatoms. The van der Waals surface area contributed by atoms with Gasteiger partial charge in [0, 0.05) is 11.8 Å². The minimum absolute atomic E-state index is 0.123. The molecule has 1 saturated carbocycles. The fourth-order valence-corrected chi connectivity index (χ4v) is 2.78. The number of hydrogen-bond acceptors (Lipinski definition) is 3. The molecule has 1 amide bonds. The Morgan fingerprint density at radius 1 is 1.27 bits per heavy atom. The van der Waals surface area contributed by atoms with Crippen LogP contribution in [-0.2, 0) is 10.2 Å². The van der Waals surface area contributed by atoms with Crippen molar-refractivity contribution in [2.24, 2.45) is 0 Å². The summed E-state index contributed by atoms with van der Waals surface area (Å²) in [5.41, 5.74) is 0.698. The van der Waals surface area contributed by atoms with E-state index in [1.165, 1.54) is 12.7 Å². The summed E-state index contributed by atoms with van der Waals surface area (Å²) >= 11 is 0. The summed E-state index contributed by atoms with van der Waals surface area (Å²) in [5.74, 6) is 0.842. The molecule has 2 heterocycles. The van der Waals surface area contributed by atoms with Gasteiger partial charge in [0.25, 0.3) is 0 Å². The van der Waals surface area contributed by atoms with Crippen molar-refractivity contribution in [1.82, 2.24) is 9.97 Å². The Morgan fingerprint density at radius 3 is 2.87 bits per heavy atom. The van der Waals surface area contributed by atoms with E-state index in [0.29, 0.717) is 0 Å². The highest BCUT2D eigenvalue weighted by Gasteiger charge is 2.47. The van der Waals surface area contributed by atoms with E-state index in [1.54, 1.807) is 6.20 Å². The summed E-state index contributed by atoms with van der Waals surface area (Å²) < 4.78 is 0. The number of nitrogens with zero attached hydrogens (tertiary/aromatic N) is 2. The molecule has 2 aliphatic rings. The Bertz CT molecular complexity index is 410. The minimum Gasteiger partial charge on any atom is -0.310 e. The van der Waals surface area contributed by atoms with Crippen LogP contribution in [0, 0.1) is 0 Å². The number of anilines is 1. The molecule has 15 heavy (non-hydrogen) atoms. The van der Waals surface area contributed by atoms with E-state index in [1.807, 2.05) is 0 Å². The van der Waals surface area contributed by atoms with Gasteiger partial charge < -0.3 is 5.32 Å². The molecule has 0 unspecified atom stereocenters. The van der Waals surface area contributed by atoms with Crippen molar-refractivity contribution >= 4 is 11.7 Å². The number of aromatic nitrogens is 2. The first kappa shape index (κ1) is 8.83. The predicted octanol–water partition coefficient (Wildman–Crippen LogP) is 1.63. The van der Waals surface area contributed by atoms with Gasteiger partial charge in [0.2, 0.25) is 5.91 Å². The number of carbonyl (C=O) groups is 1. The lowest BCUT2D eigenvalue weighted by Gasteiger charge is -2.30. The first-order valence-electron chi connectivity index (χ1n) is 5.45. The van der Waals surface area contributed by atoms with Crippen molar-refractivity contribution in [3.8, 4) is 0 Å². The van der Waals surface area contributed by atoms with Gasteiger partial charge in [0.1, 0.15) is 12.1 Å². The zero-order valence-corrected chi connectivity index (χ0v) is 8.49. The molecule has 1 aromatic heterocycles. The Kier molecular flexibility index (Phi) is 1.78. The maximum absolute atomic E-state index is 12.0. The van der Waals surface area contributed by atoms with Crippen molar-refractivity contribution in [3.05, 3.63) is 18.1 Å². The van der Waals surface area contributed by atoms with Gasteiger partial charge in [0.15, 0.2) is 0 Å². The zero-order chi connectivity index (χ0) is 10.3. The van der Waals surface area contributed by atoms with Crippen LogP contribution in [0.5, 0.6) is 0 Å². The Hall–Kier alpha value is -1.45. The van der Waals surface area contributed by atoms with Crippen LogP contribution in [0.3, 0.4) is 0 Å². The van der Waals surface area contributed by atoms with E-state index >= 15 is 0 Å². The van der Waals surface area contributed by atoms with Crippen LogP contribution in [0.1, 0.15) is 37.7 Å². The molecule has 1 aliphatic heterocycles. The van der Waals surface area contributed by atoms with Crippen molar-refractivity contribution in [2.45, 2.75) is 37.5 Å². The third-order valence-corrected chi connectivity index (χ3v) is 3.60. The van der Waals surface area contributed by atoms with Crippen molar-refractivity contribution in [2.75, 3.05) is 5.32 Å². The van der Waals surface area contributed by atoms with Gasteiger partial charge in [-0.05, 0) is 12.8 Å². The van der Waals surface area contributed by atoms with Crippen LogP contribution in [0.4, 0.5) is 5.82 Å². The highest BCUT2D eigenvalue weighted by Crippen LogP contribution is 2.45. The summed E-state index contributed by atoms with van der Waals surface area (Å²) in [6, 6.07) is 0. The quantitative estimate of drug-likeness (QED) is 0.697. The van der Waals surface area contributed by atoms with Crippen LogP contribution in [-0.4, -0.2) is 15.9 Å². The monoisotopic (exact) mass is 203 g/mol. The van der Waals surface area contributed by atoms with E-state index in [4.69, 9.17) is 0 Å².